The summed E-state index contributed by atoms with van der Waals surface area (Å²) in [5.74, 6) is 0.222. The lowest BCUT2D eigenvalue weighted by molar-refractivity contribution is -0.138. The molecule has 1 saturated carbocycles. The van der Waals surface area contributed by atoms with Crippen LogP contribution in [0.5, 0.6) is 5.88 Å². The molecule has 0 saturated heterocycles. The summed E-state index contributed by atoms with van der Waals surface area (Å²) in [7, 11) is 1.81. The monoisotopic (exact) mass is 452 g/mol. The summed E-state index contributed by atoms with van der Waals surface area (Å²) in [6.45, 7) is 4.51. The number of aliphatic hydroxyl groups excluding tert-OH is 1. The summed E-state index contributed by atoms with van der Waals surface area (Å²) in [6, 6.07) is 5.15. The average Bonchev–Trinajstić information content (AvgIpc) is 2.79. The Kier molecular flexibility index (Phi) is 6.93. The van der Waals surface area contributed by atoms with Gasteiger partial charge in [0, 0.05) is 55.1 Å². The molecule has 1 fully saturated rings. The Morgan fingerprint density at radius 3 is 2.76 bits per heavy atom. The van der Waals surface area contributed by atoms with Crippen LogP contribution in [0.2, 0.25) is 0 Å². The Balaban J connectivity index is 1.67. The minimum atomic E-state index is -0.358. The second-order valence-corrected chi connectivity index (χ2v) is 9.29. The number of pyridine rings is 2. The van der Waals surface area contributed by atoms with Crippen molar-refractivity contribution in [2.45, 2.75) is 45.3 Å². The fourth-order valence-corrected chi connectivity index (χ4v) is 4.34. The summed E-state index contributed by atoms with van der Waals surface area (Å²) >= 11 is 0. The second kappa shape index (κ2) is 9.87. The van der Waals surface area contributed by atoms with E-state index in [1.165, 1.54) is 0 Å². The molecule has 3 atom stereocenters. The van der Waals surface area contributed by atoms with Crippen LogP contribution in [-0.4, -0.2) is 75.6 Å². The number of likely N-dealkylation sites (N-methyl/N-ethyl adjacent to an activating group) is 1. The van der Waals surface area contributed by atoms with Crippen molar-refractivity contribution in [3.05, 3.63) is 42.4 Å². The smallest absolute Gasteiger partial charge is 0.259 e. The van der Waals surface area contributed by atoms with Crippen LogP contribution in [0.4, 0.5) is 0 Å². The van der Waals surface area contributed by atoms with Crippen LogP contribution in [0, 0.1) is 11.8 Å². The van der Waals surface area contributed by atoms with Gasteiger partial charge in [-0.15, -0.1) is 0 Å². The Morgan fingerprint density at radius 1 is 1.33 bits per heavy atom. The largest absolute Gasteiger partial charge is 0.472 e. The van der Waals surface area contributed by atoms with E-state index >= 15 is 0 Å². The van der Waals surface area contributed by atoms with Crippen LogP contribution in [0.3, 0.4) is 0 Å². The molecule has 8 heteroatoms. The summed E-state index contributed by atoms with van der Waals surface area (Å²) in [5.41, 5.74) is 1.96. The van der Waals surface area contributed by atoms with E-state index in [0.29, 0.717) is 18.7 Å². The van der Waals surface area contributed by atoms with Crippen molar-refractivity contribution in [1.82, 2.24) is 19.8 Å². The number of carbonyl (C=O) groups excluding carboxylic acids is 2. The lowest BCUT2D eigenvalue weighted by Gasteiger charge is -2.38. The minimum Gasteiger partial charge on any atom is -0.472 e. The van der Waals surface area contributed by atoms with Crippen molar-refractivity contribution in [3.8, 4) is 17.0 Å². The first-order valence-corrected chi connectivity index (χ1v) is 11.6. The number of aliphatic hydroxyl groups is 1. The summed E-state index contributed by atoms with van der Waals surface area (Å²) in [6.07, 6.45) is 7.75. The van der Waals surface area contributed by atoms with Gasteiger partial charge in [-0.1, -0.05) is 19.4 Å². The molecule has 8 nitrogen and oxygen atoms in total. The molecule has 2 amide bonds. The molecule has 0 unspecified atom stereocenters. The van der Waals surface area contributed by atoms with Gasteiger partial charge in [-0.2, -0.15) is 0 Å². The number of aromatic nitrogens is 2. The van der Waals surface area contributed by atoms with Gasteiger partial charge in [0.05, 0.1) is 19.2 Å². The van der Waals surface area contributed by atoms with Gasteiger partial charge in [0.2, 0.25) is 11.8 Å². The molecule has 2 aromatic heterocycles. The number of fused-ring (bicyclic) bond motifs is 1. The van der Waals surface area contributed by atoms with Gasteiger partial charge in [-0.3, -0.25) is 14.6 Å². The Hall–Kier alpha value is -3.00. The maximum Gasteiger partial charge on any atom is 0.259 e. The van der Waals surface area contributed by atoms with E-state index in [0.717, 1.165) is 30.4 Å². The first kappa shape index (κ1) is 23.2. The van der Waals surface area contributed by atoms with Crippen molar-refractivity contribution in [3.63, 3.8) is 0 Å². The molecule has 4 rings (SSSR count). The van der Waals surface area contributed by atoms with Crippen molar-refractivity contribution in [2.24, 2.45) is 11.8 Å². The summed E-state index contributed by atoms with van der Waals surface area (Å²) in [5, 5.41) is 9.81. The molecule has 3 heterocycles. The van der Waals surface area contributed by atoms with Crippen LogP contribution < -0.4 is 4.74 Å². The number of ether oxygens (including phenoxy) is 1. The van der Waals surface area contributed by atoms with Crippen LogP contribution in [-0.2, 0) is 4.79 Å². The van der Waals surface area contributed by atoms with Crippen LogP contribution in [0.15, 0.2) is 36.8 Å². The van der Waals surface area contributed by atoms with Gasteiger partial charge in [0.15, 0.2) is 0 Å². The van der Waals surface area contributed by atoms with E-state index in [9.17, 15) is 14.7 Å². The van der Waals surface area contributed by atoms with Gasteiger partial charge < -0.3 is 19.6 Å². The molecule has 33 heavy (non-hydrogen) atoms. The molecule has 2 aliphatic rings. The van der Waals surface area contributed by atoms with E-state index in [4.69, 9.17) is 4.74 Å². The van der Waals surface area contributed by atoms with Crippen LogP contribution in [0.25, 0.3) is 11.1 Å². The third kappa shape index (κ3) is 4.85. The normalized spacial score (nSPS) is 21.8. The fraction of sp³-hybridized carbons (Fsp3) is 0.520. The lowest BCUT2D eigenvalue weighted by atomic mass is 9.84. The van der Waals surface area contributed by atoms with Gasteiger partial charge in [0.25, 0.3) is 5.91 Å². The third-order valence-electron chi connectivity index (χ3n) is 6.80. The van der Waals surface area contributed by atoms with Crippen LogP contribution >= 0.6 is 0 Å². The van der Waals surface area contributed by atoms with E-state index in [1.54, 1.807) is 34.5 Å². The SMILES string of the molecule is C[C@@H]1CN([C@H](C)CO)C(=O)c2cc(-c3cccnc3)cnc2O[C@@H]1CN(C)C(=O)C1CCC1. The fourth-order valence-electron chi connectivity index (χ4n) is 4.34. The van der Waals surface area contributed by atoms with Gasteiger partial charge in [-0.05, 0) is 31.9 Å². The van der Waals surface area contributed by atoms with Gasteiger partial charge in [-0.25, -0.2) is 4.98 Å². The van der Waals surface area contributed by atoms with Crippen LogP contribution in [0.1, 0.15) is 43.5 Å². The van der Waals surface area contributed by atoms with Crippen molar-refractivity contribution >= 4 is 11.8 Å². The number of rotatable bonds is 6. The van der Waals surface area contributed by atoms with Gasteiger partial charge in [0.1, 0.15) is 11.7 Å². The first-order chi connectivity index (χ1) is 15.9. The Bertz CT molecular complexity index is 995. The number of hydrogen-bond donors (Lipinski definition) is 1. The number of amides is 2. The predicted molar refractivity (Wildman–Crippen MR) is 124 cm³/mol. The molecule has 1 aliphatic carbocycles. The highest BCUT2D eigenvalue weighted by molar-refractivity contribution is 5.98. The van der Waals surface area contributed by atoms with Gasteiger partial charge >= 0.3 is 0 Å². The predicted octanol–water partition coefficient (Wildman–Crippen LogP) is 2.62. The zero-order valence-electron chi connectivity index (χ0n) is 19.5. The standard InChI is InChI=1S/C25H32N4O4/c1-16-13-29(17(2)15-30)25(32)21-10-20(19-8-5-9-26-11-19)12-27-23(21)33-22(16)14-28(3)24(31)18-6-4-7-18/h5,8-12,16-18,22,30H,4,6-7,13-15H2,1-3H3/t16-,17-,22-/m1/s1. The molecule has 0 radical (unpaired) electrons. The number of carbonyl (C=O) groups is 2. The second-order valence-electron chi connectivity index (χ2n) is 9.29. The van der Waals surface area contributed by atoms with E-state index < -0.39 is 0 Å². The topological polar surface area (TPSA) is 95.9 Å². The maximum atomic E-state index is 13.5. The molecule has 2 aromatic rings. The molecular formula is C25H32N4O4. The minimum absolute atomic E-state index is 0.0625. The first-order valence-electron chi connectivity index (χ1n) is 11.6. The van der Waals surface area contributed by atoms with E-state index in [-0.39, 0.29) is 48.3 Å². The molecule has 0 aromatic carbocycles. The molecule has 1 N–H and O–H groups in total. The lowest BCUT2D eigenvalue weighted by Crippen LogP contribution is -2.51. The summed E-state index contributed by atoms with van der Waals surface area (Å²) in [4.78, 5) is 38.3. The molecule has 176 valence electrons. The van der Waals surface area contributed by atoms with Crippen molar-refractivity contribution in [2.75, 3.05) is 26.7 Å². The third-order valence-corrected chi connectivity index (χ3v) is 6.80. The Morgan fingerprint density at radius 2 is 2.12 bits per heavy atom. The summed E-state index contributed by atoms with van der Waals surface area (Å²) < 4.78 is 6.29. The zero-order chi connectivity index (χ0) is 23.5. The highest BCUT2D eigenvalue weighted by Crippen LogP contribution is 2.31. The van der Waals surface area contributed by atoms with E-state index in [2.05, 4.69) is 9.97 Å². The molecule has 0 spiro atoms. The highest BCUT2D eigenvalue weighted by Gasteiger charge is 2.36. The highest BCUT2D eigenvalue weighted by atomic mass is 16.5. The molecule has 1 aliphatic heterocycles. The Labute approximate surface area is 194 Å². The average molecular weight is 453 g/mol. The zero-order valence-corrected chi connectivity index (χ0v) is 19.5. The maximum absolute atomic E-state index is 13.5. The molecule has 0 bridgehead atoms. The van der Waals surface area contributed by atoms with Crippen molar-refractivity contribution in [1.29, 1.82) is 0 Å². The number of hydrogen-bond acceptors (Lipinski definition) is 6. The quantitative estimate of drug-likeness (QED) is 0.724. The number of nitrogens with zero attached hydrogens (tertiary/aromatic N) is 4. The van der Waals surface area contributed by atoms with Crippen molar-refractivity contribution < 1.29 is 19.4 Å². The molecular weight excluding hydrogens is 420 g/mol. The van der Waals surface area contributed by atoms with E-state index in [1.807, 2.05) is 33.0 Å².